The number of nitrogens with zero attached hydrogens (tertiary/aromatic N) is 1. The molecule has 60 valence electrons. The van der Waals surface area contributed by atoms with Crippen LogP contribution < -0.4 is 11.5 Å². The Morgan fingerprint density at radius 3 is 2.55 bits per heavy atom. The number of aromatic amines is 1. The van der Waals surface area contributed by atoms with E-state index in [1.807, 2.05) is 0 Å². The first-order valence-corrected chi connectivity index (χ1v) is 3.71. The Morgan fingerprint density at radius 2 is 2.09 bits per heavy atom. The van der Waals surface area contributed by atoms with E-state index in [4.69, 9.17) is 11.5 Å². The first-order chi connectivity index (χ1) is 5.09. The molecule has 1 heterocycles. The summed E-state index contributed by atoms with van der Waals surface area (Å²) in [7, 11) is -2.43. The number of nitrogens with one attached hydrogen (secondary N) is 1. The smallest absolute Gasteiger partial charge is 0.258 e. The highest BCUT2D eigenvalue weighted by Crippen LogP contribution is 1.99. The van der Waals surface area contributed by atoms with Gasteiger partial charge in [0, 0.05) is 6.07 Å². The summed E-state index contributed by atoms with van der Waals surface area (Å²) in [6.45, 7) is 0. The van der Waals surface area contributed by atoms with Crippen molar-refractivity contribution in [2.75, 3.05) is 11.5 Å². The number of nitrogens with two attached hydrogens (primary N) is 2. The molecule has 1 aromatic heterocycles. The minimum absolute atomic E-state index is 0.0699. The van der Waals surface area contributed by atoms with Gasteiger partial charge >= 0.3 is 0 Å². The van der Waals surface area contributed by atoms with Crippen molar-refractivity contribution in [2.24, 2.45) is 0 Å². The third-order valence-electron chi connectivity index (χ3n) is 0.943. The Morgan fingerprint density at radius 1 is 1.45 bits per heavy atom. The third-order valence-corrected chi connectivity index (χ3v) is 1.45. The molecule has 11 heavy (non-hydrogen) atoms. The second kappa shape index (κ2) is 2.62. The fourth-order valence-electron chi connectivity index (χ4n) is 0.575. The molecule has 0 spiro atoms. The Hall–Kier alpha value is -1.50. The molecule has 0 amide bonds. The second-order valence-electron chi connectivity index (χ2n) is 1.80. The van der Waals surface area contributed by atoms with Crippen LogP contribution in [0.3, 0.4) is 0 Å². The minimum Gasteiger partial charge on any atom is -0.385 e. The maximum Gasteiger partial charge on any atom is 0.258 e. The number of nitrogen functional groups attached to an aromatic ring is 2. The predicted molar refractivity (Wildman–Crippen MR) is 39.6 cm³/mol. The van der Waals surface area contributed by atoms with E-state index >= 15 is 0 Å². The summed E-state index contributed by atoms with van der Waals surface area (Å²) in [5, 5.41) is 0. The molecule has 0 aliphatic heterocycles. The summed E-state index contributed by atoms with van der Waals surface area (Å²) in [5.74, 6) is 0.233. The number of hydrogen-bond donors (Lipinski definition) is 3. The molecule has 1 rings (SSSR count). The molecule has 0 radical (unpaired) electrons. The van der Waals surface area contributed by atoms with Crippen LogP contribution in [0.2, 0.25) is 0 Å². The predicted octanol–water partition coefficient (Wildman–Crippen LogP) is -1.01. The summed E-state index contributed by atoms with van der Waals surface area (Å²) >= 11 is 0. The van der Waals surface area contributed by atoms with Gasteiger partial charge in [0.2, 0.25) is 0 Å². The lowest BCUT2D eigenvalue weighted by atomic mass is 10.5. The molecule has 0 bridgehead atoms. The van der Waals surface area contributed by atoms with Crippen molar-refractivity contribution >= 4 is 21.9 Å². The maximum atomic E-state index is 10.3. The van der Waals surface area contributed by atoms with Crippen LogP contribution in [0.15, 0.2) is 6.07 Å². The number of rotatable bonds is 0. The van der Waals surface area contributed by atoms with Crippen LogP contribution in [0.25, 0.3) is 0 Å². The Labute approximate surface area is 63.4 Å². The molecule has 6 nitrogen and oxygen atoms in total. The van der Waals surface area contributed by atoms with Gasteiger partial charge in [-0.15, -0.1) is 0 Å². The fourth-order valence-corrected chi connectivity index (χ4v) is 0.956. The normalized spacial score (nSPS) is 9.45. The highest BCUT2D eigenvalue weighted by Gasteiger charge is 1.91. The first kappa shape index (κ1) is 7.61. The second-order valence-corrected chi connectivity index (χ2v) is 2.66. The fraction of sp³-hybridized carbons (Fsp3) is 0. The van der Waals surface area contributed by atoms with Crippen molar-refractivity contribution in [1.82, 2.24) is 9.97 Å². The highest BCUT2D eigenvalue weighted by molar-refractivity contribution is 7.63. The molecule has 0 saturated carbocycles. The van der Waals surface area contributed by atoms with Crippen LogP contribution >= 0.6 is 0 Å². The van der Waals surface area contributed by atoms with Crippen LogP contribution in [0.4, 0.5) is 11.6 Å². The molecule has 1 aromatic rings. The van der Waals surface area contributed by atoms with E-state index in [1.165, 1.54) is 6.07 Å². The number of aromatic nitrogens is 2. The topological polar surface area (TPSA) is 115 Å². The molecule has 0 aromatic carbocycles. The van der Waals surface area contributed by atoms with Crippen molar-refractivity contribution in [3.63, 3.8) is 0 Å². The van der Waals surface area contributed by atoms with Gasteiger partial charge in [-0.05, 0) is 0 Å². The van der Waals surface area contributed by atoms with E-state index < -0.39 is 10.3 Å². The third kappa shape index (κ3) is 1.71. The van der Waals surface area contributed by atoms with Gasteiger partial charge in [-0.25, -0.2) is 0 Å². The molecule has 0 fully saturated rings. The van der Waals surface area contributed by atoms with E-state index in [0.29, 0.717) is 0 Å². The average molecular weight is 174 g/mol. The molecule has 0 aliphatic carbocycles. The van der Waals surface area contributed by atoms with E-state index in [-0.39, 0.29) is 16.4 Å². The number of H-pyrrole nitrogens is 1. The maximum absolute atomic E-state index is 10.3. The van der Waals surface area contributed by atoms with Crippen LogP contribution in [0, 0.1) is 4.77 Å². The van der Waals surface area contributed by atoms with Gasteiger partial charge in [0.05, 0.1) is 0 Å². The van der Waals surface area contributed by atoms with Crippen molar-refractivity contribution in [3.05, 3.63) is 10.8 Å². The Bertz CT molecular complexity index is 400. The van der Waals surface area contributed by atoms with Crippen molar-refractivity contribution in [2.45, 2.75) is 0 Å². The monoisotopic (exact) mass is 174 g/mol. The van der Waals surface area contributed by atoms with E-state index in [0.717, 1.165) is 0 Å². The largest absolute Gasteiger partial charge is 0.385 e. The summed E-state index contributed by atoms with van der Waals surface area (Å²) in [5.41, 5.74) is 10.5. The zero-order chi connectivity index (χ0) is 8.43. The van der Waals surface area contributed by atoms with E-state index in [9.17, 15) is 8.42 Å². The number of anilines is 2. The van der Waals surface area contributed by atoms with Crippen LogP contribution in [0.5, 0.6) is 0 Å². The first-order valence-electron chi connectivity index (χ1n) is 2.64. The zero-order valence-corrected chi connectivity index (χ0v) is 6.22. The summed E-state index contributed by atoms with van der Waals surface area (Å²) in [4.78, 5) is 5.78. The van der Waals surface area contributed by atoms with Gasteiger partial charge in [0.1, 0.15) is 11.6 Å². The van der Waals surface area contributed by atoms with Gasteiger partial charge < -0.3 is 16.5 Å². The van der Waals surface area contributed by atoms with Gasteiger partial charge in [0.25, 0.3) is 15.1 Å². The molecule has 5 N–H and O–H groups in total. The summed E-state index contributed by atoms with van der Waals surface area (Å²) < 4.78 is 20.3. The van der Waals surface area contributed by atoms with Crippen molar-refractivity contribution in [1.29, 1.82) is 0 Å². The Balaban J connectivity index is 3.70. The number of hydrogen-bond acceptors (Lipinski definition) is 5. The average Bonchev–Trinajstić information content (AvgIpc) is 1.85. The minimum atomic E-state index is -2.43. The highest BCUT2D eigenvalue weighted by atomic mass is 32.2. The van der Waals surface area contributed by atoms with Gasteiger partial charge in [-0.2, -0.15) is 13.4 Å². The molecule has 7 heteroatoms. The van der Waals surface area contributed by atoms with Crippen LogP contribution in [-0.2, 0) is 10.3 Å². The van der Waals surface area contributed by atoms with Crippen LogP contribution in [0.1, 0.15) is 0 Å². The molecule has 0 unspecified atom stereocenters. The van der Waals surface area contributed by atoms with Gasteiger partial charge in [-0.1, -0.05) is 0 Å². The molecular weight excluding hydrogens is 168 g/mol. The van der Waals surface area contributed by atoms with Gasteiger partial charge in [0.15, 0.2) is 0 Å². The molecule has 0 saturated heterocycles. The quantitative estimate of drug-likeness (QED) is 0.436. The van der Waals surface area contributed by atoms with Crippen molar-refractivity contribution < 1.29 is 8.42 Å². The lowest BCUT2D eigenvalue weighted by Crippen LogP contribution is -1.98. The standard InChI is InChI=1S/C4H6N4O2S/c5-2-1-3(6)8-4(7-2)11(9)10/h1,7H,5H2,(H2,6,8). The molecular formula is C4H6N4O2S. The zero-order valence-electron chi connectivity index (χ0n) is 5.40. The van der Waals surface area contributed by atoms with E-state index in [2.05, 4.69) is 9.97 Å². The van der Waals surface area contributed by atoms with E-state index in [1.54, 1.807) is 0 Å². The SMILES string of the molecule is Nc1cc(N)[nH]c(=S(=O)=O)n1. The summed E-state index contributed by atoms with van der Waals surface area (Å²) in [6.07, 6.45) is 0. The molecule has 0 atom stereocenters. The lowest BCUT2D eigenvalue weighted by molar-refractivity contribution is 0.623. The van der Waals surface area contributed by atoms with Crippen molar-refractivity contribution in [3.8, 4) is 0 Å². The Kier molecular flexibility index (Phi) is 1.81. The lowest BCUT2D eigenvalue weighted by Gasteiger charge is -1.92. The summed E-state index contributed by atoms with van der Waals surface area (Å²) in [6, 6.07) is 1.33. The van der Waals surface area contributed by atoms with Crippen LogP contribution in [-0.4, -0.2) is 18.4 Å². The molecule has 0 aliphatic rings. The van der Waals surface area contributed by atoms with Gasteiger partial charge in [-0.3, -0.25) is 0 Å².